The van der Waals surface area contributed by atoms with E-state index in [-0.39, 0.29) is 18.9 Å². The van der Waals surface area contributed by atoms with Gasteiger partial charge in [-0.3, -0.25) is 4.79 Å². The van der Waals surface area contributed by atoms with E-state index in [9.17, 15) is 61.0 Å². The van der Waals surface area contributed by atoms with Crippen molar-refractivity contribution < 1.29 is 89.4 Å². The zero-order valence-electron chi connectivity index (χ0n) is 42.8. The van der Waals surface area contributed by atoms with E-state index in [1.54, 1.807) is 12.2 Å². The van der Waals surface area contributed by atoms with E-state index in [4.69, 9.17) is 28.4 Å². The van der Waals surface area contributed by atoms with Gasteiger partial charge in [0.2, 0.25) is 5.91 Å². The van der Waals surface area contributed by atoms with Gasteiger partial charge in [0, 0.05) is 6.42 Å². The molecule has 3 saturated heterocycles. The molecule has 3 rings (SSSR count). The van der Waals surface area contributed by atoms with E-state index in [0.717, 1.165) is 83.5 Å². The van der Waals surface area contributed by atoms with E-state index in [1.807, 2.05) is 13.0 Å². The summed E-state index contributed by atoms with van der Waals surface area (Å²) in [6, 6.07) is -1.01. The van der Waals surface area contributed by atoms with Crippen molar-refractivity contribution in [1.29, 1.82) is 0 Å². The Morgan fingerprint density at radius 3 is 1.53 bits per heavy atom. The SMILES string of the molecule is C/C=C/CC/C=C/CC/C=C/C(O)C(COC1OC(CO)C(OC2OC(CO)C(OC3OC(CO)C(O)C(O)C3O)C(O)C2O)C(O)C1O)NC(=O)CCCCCCCC/C=C\C/C=C\C/C=C\C/C=C\CC. The quantitative estimate of drug-likeness (QED) is 0.0321. The van der Waals surface area contributed by atoms with Crippen LogP contribution in [0.1, 0.15) is 117 Å². The van der Waals surface area contributed by atoms with E-state index < -0.39 is 124 Å². The van der Waals surface area contributed by atoms with Gasteiger partial charge in [-0.25, -0.2) is 0 Å². The second-order valence-electron chi connectivity index (χ2n) is 18.6. The molecule has 17 atom stereocenters. The van der Waals surface area contributed by atoms with Gasteiger partial charge >= 0.3 is 0 Å². The fraction of sp³-hybridized carbons (Fsp3) is 0.722. The molecule has 12 N–H and O–H groups in total. The van der Waals surface area contributed by atoms with Crippen molar-refractivity contribution in [2.24, 2.45) is 0 Å². The van der Waals surface area contributed by atoms with Crippen molar-refractivity contribution in [3.8, 4) is 0 Å². The summed E-state index contributed by atoms with van der Waals surface area (Å²) < 4.78 is 34.0. The Balaban J connectivity index is 1.53. The molecule has 0 aromatic carbocycles. The third kappa shape index (κ3) is 23.0. The number of hydrogen-bond donors (Lipinski definition) is 12. The van der Waals surface area contributed by atoms with E-state index in [0.29, 0.717) is 12.8 Å². The molecule has 0 aromatic rings. The lowest BCUT2D eigenvalue weighted by Gasteiger charge is -2.48. The monoisotopic (exact) mass is 1040 g/mol. The third-order valence-corrected chi connectivity index (χ3v) is 12.8. The summed E-state index contributed by atoms with van der Waals surface area (Å²) in [4.78, 5) is 13.2. The molecule has 73 heavy (non-hydrogen) atoms. The molecule has 17 unspecified atom stereocenters. The minimum absolute atomic E-state index is 0.210. The van der Waals surface area contributed by atoms with Gasteiger partial charge in [0.1, 0.15) is 73.2 Å². The summed E-state index contributed by atoms with van der Waals surface area (Å²) in [5.74, 6) is -0.313. The normalized spacial score (nSPS) is 32.4. The number of allylic oxidation sites excluding steroid dienone is 13. The van der Waals surface area contributed by atoms with E-state index in [1.165, 1.54) is 0 Å². The molecule has 19 heteroatoms. The lowest BCUT2D eigenvalue weighted by atomic mass is 9.96. The van der Waals surface area contributed by atoms with Gasteiger partial charge in [0.15, 0.2) is 18.9 Å². The first kappa shape index (κ1) is 64.3. The Morgan fingerprint density at radius 2 is 0.973 bits per heavy atom. The summed E-state index contributed by atoms with van der Waals surface area (Å²) >= 11 is 0. The molecule has 3 aliphatic rings. The van der Waals surface area contributed by atoms with Crippen molar-refractivity contribution in [2.75, 3.05) is 26.4 Å². The van der Waals surface area contributed by atoms with Crippen LogP contribution in [0.25, 0.3) is 0 Å². The van der Waals surface area contributed by atoms with Gasteiger partial charge < -0.3 is 89.9 Å². The molecule has 3 fully saturated rings. The molecule has 0 aliphatic carbocycles. The third-order valence-electron chi connectivity index (χ3n) is 12.8. The first-order valence-corrected chi connectivity index (χ1v) is 26.3. The summed E-state index contributed by atoms with van der Waals surface area (Å²) in [5, 5.41) is 119. The fourth-order valence-corrected chi connectivity index (χ4v) is 8.39. The maximum Gasteiger partial charge on any atom is 0.220 e. The Hall–Kier alpha value is -3.03. The largest absolute Gasteiger partial charge is 0.394 e. The van der Waals surface area contributed by atoms with Crippen LogP contribution in [0.5, 0.6) is 0 Å². The Labute approximate surface area is 431 Å². The van der Waals surface area contributed by atoms with Crippen LogP contribution in [-0.2, 0) is 33.2 Å². The highest BCUT2D eigenvalue weighted by atomic mass is 16.8. The number of unbranched alkanes of at least 4 members (excludes halogenated alkanes) is 8. The number of nitrogens with one attached hydrogen (secondary N) is 1. The van der Waals surface area contributed by atoms with Crippen molar-refractivity contribution in [1.82, 2.24) is 5.32 Å². The van der Waals surface area contributed by atoms with Gasteiger partial charge in [-0.15, -0.1) is 0 Å². The minimum atomic E-state index is -1.99. The van der Waals surface area contributed by atoms with Crippen LogP contribution in [0.2, 0.25) is 0 Å². The first-order valence-electron chi connectivity index (χ1n) is 26.3. The van der Waals surface area contributed by atoms with Crippen molar-refractivity contribution in [3.05, 3.63) is 85.1 Å². The molecule has 0 saturated carbocycles. The molecule has 3 aliphatic heterocycles. The average Bonchev–Trinajstić information content (AvgIpc) is 3.39. The smallest absolute Gasteiger partial charge is 0.220 e. The molecule has 0 spiro atoms. The van der Waals surface area contributed by atoms with Gasteiger partial charge in [-0.2, -0.15) is 0 Å². The molecule has 19 nitrogen and oxygen atoms in total. The molecule has 0 radical (unpaired) electrons. The number of hydrogen-bond acceptors (Lipinski definition) is 18. The standard InChI is InChI=1S/C54H89NO18/c1-3-5-7-9-11-13-14-15-16-17-18-19-20-21-22-24-26-28-30-32-42(60)55-37(38(59)31-29-27-25-23-12-10-8-6-4-2)36-68-52-48(66)45(63)50(40(34-57)70-52)73-54-49(67)46(64)51(41(35-58)71-54)72-53-47(65)44(62)43(61)39(33-56)69-53/h4-7,11-13,15-16,18-19,23,29,31,37-41,43-54,56-59,61-67H,3,8-10,14,17,20-22,24-28,30,32-36H2,1-2H3,(H,55,60)/b6-4+,7-5-,13-11-,16-15-,19-18-,23-12+,31-29+. The van der Waals surface area contributed by atoms with Gasteiger partial charge in [-0.05, 0) is 77.6 Å². The molecule has 418 valence electrons. The Kier molecular flexibility index (Phi) is 33.2. The molecule has 1 amide bonds. The lowest BCUT2D eigenvalue weighted by molar-refractivity contribution is -0.379. The fourth-order valence-electron chi connectivity index (χ4n) is 8.39. The van der Waals surface area contributed by atoms with Crippen LogP contribution in [0.15, 0.2) is 85.1 Å². The summed E-state index contributed by atoms with van der Waals surface area (Å²) in [6.45, 7) is 1.27. The molecule has 0 bridgehead atoms. The summed E-state index contributed by atoms with van der Waals surface area (Å²) in [5.41, 5.74) is 0. The van der Waals surface area contributed by atoms with Crippen LogP contribution >= 0.6 is 0 Å². The predicted molar refractivity (Wildman–Crippen MR) is 272 cm³/mol. The maximum absolute atomic E-state index is 13.2. The lowest BCUT2D eigenvalue weighted by Crippen LogP contribution is -2.66. The van der Waals surface area contributed by atoms with Gasteiger partial charge in [0.25, 0.3) is 0 Å². The Bertz CT molecular complexity index is 1670. The minimum Gasteiger partial charge on any atom is -0.394 e. The zero-order valence-corrected chi connectivity index (χ0v) is 42.8. The van der Waals surface area contributed by atoms with Crippen molar-refractivity contribution >= 4 is 5.91 Å². The number of carbonyl (C=O) groups excluding carboxylic acids is 1. The number of aliphatic hydroxyl groups is 11. The summed E-state index contributed by atoms with van der Waals surface area (Å²) in [6.07, 6.45) is 16.2. The van der Waals surface area contributed by atoms with Crippen LogP contribution in [0.4, 0.5) is 0 Å². The highest BCUT2D eigenvalue weighted by Crippen LogP contribution is 2.33. The highest BCUT2D eigenvalue weighted by Gasteiger charge is 2.53. The van der Waals surface area contributed by atoms with Crippen LogP contribution < -0.4 is 5.32 Å². The topological polar surface area (TPSA) is 307 Å². The number of amides is 1. The van der Waals surface area contributed by atoms with Crippen LogP contribution in [-0.4, -0.2) is 193 Å². The average molecular weight is 1040 g/mol. The maximum atomic E-state index is 13.2. The van der Waals surface area contributed by atoms with E-state index in [2.05, 4.69) is 79.1 Å². The molecule has 0 aromatic heterocycles. The number of rotatable bonds is 35. The highest BCUT2D eigenvalue weighted by molar-refractivity contribution is 5.76. The van der Waals surface area contributed by atoms with Gasteiger partial charge in [-0.1, -0.05) is 118 Å². The van der Waals surface area contributed by atoms with Crippen LogP contribution in [0, 0.1) is 0 Å². The summed E-state index contributed by atoms with van der Waals surface area (Å²) in [7, 11) is 0. The second-order valence-corrected chi connectivity index (χ2v) is 18.6. The molecular formula is C54H89NO18. The van der Waals surface area contributed by atoms with Crippen molar-refractivity contribution in [3.63, 3.8) is 0 Å². The number of carbonyl (C=O) groups is 1. The van der Waals surface area contributed by atoms with Crippen molar-refractivity contribution in [2.45, 2.75) is 221 Å². The van der Waals surface area contributed by atoms with Gasteiger partial charge in [0.05, 0.1) is 38.6 Å². The number of aliphatic hydroxyl groups excluding tert-OH is 11. The number of ether oxygens (including phenoxy) is 6. The molecular weight excluding hydrogens is 951 g/mol. The Morgan fingerprint density at radius 1 is 0.521 bits per heavy atom. The van der Waals surface area contributed by atoms with E-state index >= 15 is 0 Å². The predicted octanol–water partition coefficient (Wildman–Crippen LogP) is 2.47. The first-order chi connectivity index (χ1) is 35.3. The zero-order chi connectivity index (χ0) is 53.4. The molecule has 3 heterocycles. The van der Waals surface area contributed by atoms with Crippen LogP contribution in [0.3, 0.4) is 0 Å². The second kappa shape index (κ2) is 37.7.